The number of aromatic nitrogens is 3. The fourth-order valence-electron chi connectivity index (χ4n) is 3.84. The molecule has 0 aliphatic rings. The van der Waals surface area contributed by atoms with Gasteiger partial charge in [-0.2, -0.15) is 10.4 Å². The third-order valence-corrected chi connectivity index (χ3v) is 5.69. The van der Waals surface area contributed by atoms with Crippen LogP contribution >= 0.6 is 0 Å². The molecule has 2 aromatic carbocycles. The van der Waals surface area contributed by atoms with E-state index in [4.69, 9.17) is 10.5 Å². The summed E-state index contributed by atoms with van der Waals surface area (Å²) in [7, 11) is 1.39. The number of carbonyl (C=O) groups excluding carboxylic acids is 1. The molecule has 0 aliphatic carbocycles. The first-order valence-electron chi connectivity index (χ1n) is 10.5. The number of fused-ring (bicyclic) bond motifs is 1. The molecular formula is C24H21FN6O4. The molecule has 178 valence electrons. The van der Waals surface area contributed by atoms with Crippen molar-refractivity contribution in [3.8, 4) is 23.1 Å². The van der Waals surface area contributed by atoms with Crippen molar-refractivity contribution in [2.45, 2.75) is 19.5 Å². The molecule has 4 rings (SSSR count). The van der Waals surface area contributed by atoms with Crippen molar-refractivity contribution in [2.24, 2.45) is 0 Å². The summed E-state index contributed by atoms with van der Waals surface area (Å²) >= 11 is 0. The van der Waals surface area contributed by atoms with Gasteiger partial charge in [-0.25, -0.2) is 13.9 Å². The van der Waals surface area contributed by atoms with Crippen molar-refractivity contribution in [1.82, 2.24) is 20.1 Å². The number of nitrogens with two attached hydrogens (primary N) is 1. The standard InChI is InChI=1S/C24H21FN6O4/c1-12(24(33)34)31-22(27)18(10-26)21(30-31)15-5-3-13(20-16(15)7-8-28-20)11-29-23(32)17-9-14(25)4-6-19(17)35-2/h3-9,12,28H,11,27H2,1-2H3,(H,29,32)(H,33,34)/t12-/m0/s1. The van der Waals surface area contributed by atoms with E-state index < -0.39 is 23.7 Å². The van der Waals surface area contributed by atoms with Crippen LogP contribution in [-0.2, 0) is 11.3 Å². The highest BCUT2D eigenvalue weighted by atomic mass is 19.1. The third-order valence-electron chi connectivity index (χ3n) is 5.69. The van der Waals surface area contributed by atoms with Gasteiger partial charge in [0.25, 0.3) is 5.91 Å². The maximum Gasteiger partial charge on any atom is 0.328 e. The highest BCUT2D eigenvalue weighted by Gasteiger charge is 2.25. The van der Waals surface area contributed by atoms with Gasteiger partial charge < -0.3 is 25.9 Å². The number of H-pyrrole nitrogens is 1. The number of hydrogen-bond acceptors (Lipinski definition) is 6. The van der Waals surface area contributed by atoms with E-state index in [1.807, 2.05) is 6.07 Å². The molecule has 0 saturated carbocycles. The monoisotopic (exact) mass is 476 g/mol. The number of carboxylic acid groups (broad SMARTS) is 1. The molecule has 0 radical (unpaired) electrons. The molecule has 2 aromatic heterocycles. The van der Waals surface area contributed by atoms with Crippen LogP contribution in [-0.4, -0.2) is 38.9 Å². The average Bonchev–Trinajstić information content (AvgIpc) is 3.46. The summed E-state index contributed by atoms with van der Waals surface area (Å²) in [5.41, 5.74) is 8.40. The van der Waals surface area contributed by atoms with Gasteiger partial charge in [0, 0.05) is 23.7 Å². The second-order valence-corrected chi connectivity index (χ2v) is 7.75. The minimum atomic E-state index is -1.14. The summed E-state index contributed by atoms with van der Waals surface area (Å²) < 4.78 is 19.9. The van der Waals surface area contributed by atoms with Gasteiger partial charge in [-0.15, -0.1) is 0 Å². The molecule has 2 heterocycles. The predicted octanol–water partition coefficient (Wildman–Crippen LogP) is 3.21. The Labute approximate surface area is 198 Å². The van der Waals surface area contributed by atoms with E-state index >= 15 is 0 Å². The van der Waals surface area contributed by atoms with Crippen molar-refractivity contribution >= 4 is 28.6 Å². The zero-order valence-electron chi connectivity index (χ0n) is 18.8. The Hall–Kier alpha value is -4.85. The number of nitrogen functional groups attached to an aromatic ring is 1. The van der Waals surface area contributed by atoms with Crippen molar-refractivity contribution in [2.75, 3.05) is 12.8 Å². The second-order valence-electron chi connectivity index (χ2n) is 7.75. The van der Waals surface area contributed by atoms with E-state index in [-0.39, 0.29) is 34.9 Å². The number of nitrogens with zero attached hydrogens (tertiary/aromatic N) is 3. The first-order chi connectivity index (χ1) is 16.8. The normalized spacial score (nSPS) is 11.7. The minimum Gasteiger partial charge on any atom is -0.496 e. The Morgan fingerprint density at radius 1 is 1.34 bits per heavy atom. The zero-order valence-corrected chi connectivity index (χ0v) is 18.8. The van der Waals surface area contributed by atoms with E-state index in [0.29, 0.717) is 16.5 Å². The summed E-state index contributed by atoms with van der Waals surface area (Å²) in [5.74, 6) is -2.00. The molecule has 1 amide bonds. The Morgan fingerprint density at radius 2 is 2.11 bits per heavy atom. The van der Waals surface area contributed by atoms with E-state index in [1.165, 1.54) is 26.2 Å². The lowest BCUT2D eigenvalue weighted by atomic mass is 10.0. The number of rotatable bonds is 7. The molecule has 0 fully saturated rings. The minimum absolute atomic E-state index is 0.0403. The highest BCUT2D eigenvalue weighted by molar-refractivity contribution is 5.99. The van der Waals surface area contributed by atoms with Crippen LogP contribution in [0, 0.1) is 17.1 Å². The van der Waals surface area contributed by atoms with Crippen LogP contribution in [0.15, 0.2) is 42.6 Å². The summed E-state index contributed by atoms with van der Waals surface area (Å²) in [6.07, 6.45) is 1.70. The van der Waals surface area contributed by atoms with Gasteiger partial charge >= 0.3 is 5.97 Å². The quantitative estimate of drug-likeness (QED) is 0.319. The smallest absolute Gasteiger partial charge is 0.328 e. The molecule has 11 heteroatoms. The largest absolute Gasteiger partial charge is 0.496 e. The van der Waals surface area contributed by atoms with Crippen molar-refractivity contribution in [3.05, 3.63) is 65.1 Å². The molecule has 0 spiro atoms. The number of amides is 1. The number of carbonyl (C=O) groups is 2. The SMILES string of the molecule is COc1ccc(F)cc1C(=O)NCc1ccc(-c2nn([C@@H](C)C(=O)O)c(N)c2C#N)c2cc[nH]c12. The number of methoxy groups -OCH3 is 1. The Balaban J connectivity index is 1.69. The van der Waals surface area contributed by atoms with E-state index in [1.54, 1.807) is 24.4 Å². The molecule has 0 unspecified atom stereocenters. The summed E-state index contributed by atoms with van der Waals surface area (Å²) in [6.45, 7) is 1.54. The number of aromatic amines is 1. The van der Waals surface area contributed by atoms with Crippen LogP contribution in [0.4, 0.5) is 10.2 Å². The molecule has 0 aliphatic heterocycles. The third kappa shape index (κ3) is 4.13. The predicted molar refractivity (Wildman–Crippen MR) is 125 cm³/mol. The first-order valence-corrected chi connectivity index (χ1v) is 10.5. The summed E-state index contributed by atoms with van der Waals surface area (Å²) in [5, 5.41) is 26.8. The lowest BCUT2D eigenvalue weighted by Crippen LogP contribution is -2.23. The summed E-state index contributed by atoms with van der Waals surface area (Å²) in [6, 6.07) is 9.88. The number of nitriles is 1. The maximum atomic E-state index is 13.7. The molecule has 5 N–H and O–H groups in total. The summed E-state index contributed by atoms with van der Waals surface area (Å²) in [4.78, 5) is 27.2. The number of anilines is 1. The Kier molecular flexibility index (Phi) is 6.12. The van der Waals surface area contributed by atoms with E-state index in [9.17, 15) is 24.3 Å². The van der Waals surface area contributed by atoms with Crippen LogP contribution in [0.5, 0.6) is 5.75 Å². The topological polar surface area (TPSA) is 159 Å². The van der Waals surface area contributed by atoms with E-state index in [0.717, 1.165) is 16.3 Å². The molecule has 4 aromatic rings. The molecule has 1 atom stereocenters. The maximum absolute atomic E-state index is 13.7. The number of benzene rings is 2. The number of halogens is 1. The number of aliphatic carboxylic acids is 1. The first kappa shape index (κ1) is 23.3. The van der Waals surface area contributed by atoms with Gasteiger partial charge in [-0.1, -0.05) is 12.1 Å². The van der Waals surface area contributed by atoms with Crippen LogP contribution in [0.3, 0.4) is 0 Å². The van der Waals surface area contributed by atoms with Crippen LogP contribution in [0.1, 0.15) is 34.5 Å². The lowest BCUT2D eigenvalue weighted by Gasteiger charge is -2.11. The number of hydrogen-bond donors (Lipinski definition) is 4. The molecular weight excluding hydrogens is 455 g/mol. The van der Waals surface area contributed by atoms with Gasteiger partial charge in [0.1, 0.15) is 40.8 Å². The van der Waals surface area contributed by atoms with Crippen LogP contribution < -0.4 is 15.8 Å². The average molecular weight is 476 g/mol. The highest BCUT2D eigenvalue weighted by Crippen LogP contribution is 2.34. The van der Waals surface area contributed by atoms with Crippen LogP contribution in [0.2, 0.25) is 0 Å². The van der Waals surface area contributed by atoms with E-state index in [2.05, 4.69) is 15.4 Å². The Morgan fingerprint density at radius 3 is 2.80 bits per heavy atom. The van der Waals surface area contributed by atoms with Crippen molar-refractivity contribution in [3.63, 3.8) is 0 Å². The molecule has 35 heavy (non-hydrogen) atoms. The Bertz CT molecular complexity index is 1500. The fraction of sp³-hybridized carbons (Fsp3) is 0.167. The molecule has 10 nitrogen and oxygen atoms in total. The van der Waals surface area contributed by atoms with Gasteiger partial charge in [-0.3, -0.25) is 4.79 Å². The van der Waals surface area contributed by atoms with Gasteiger partial charge in [0.05, 0.1) is 18.2 Å². The van der Waals surface area contributed by atoms with Gasteiger partial charge in [0.2, 0.25) is 0 Å². The second kappa shape index (κ2) is 9.18. The fourth-order valence-corrected chi connectivity index (χ4v) is 3.84. The zero-order chi connectivity index (χ0) is 25.3. The molecule has 0 saturated heterocycles. The van der Waals surface area contributed by atoms with Crippen molar-refractivity contribution in [1.29, 1.82) is 5.26 Å². The number of carboxylic acids is 1. The molecule has 0 bridgehead atoms. The van der Waals surface area contributed by atoms with Crippen LogP contribution in [0.25, 0.3) is 22.2 Å². The van der Waals surface area contributed by atoms with Gasteiger partial charge in [-0.05, 0) is 36.8 Å². The van der Waals surface area contributed by atoms with Gasteiger partial charge in [0.15, 0.2) is 0 Å². The lowest BCUT2D eigenvalue weighted by molar-refractivity contribution is -0.140. The number of nitrogens with one attached hydrogen (secondary N) is 2. The van der Waals surface area contributed by atoms with Crippen molar-refractivity contribution < 1.29 is 23.8 Å². The number of ether oxygens (including phenoxy) is 1.